The second kappa shape index (κ2) is 6.68. The summed E-state index contributed by atoms with van der Waals surface area (Å²) in [6.45, 7) is 3.72. The number of carbonyl (C=O) groups is 2. The Hall–Kier alpha value is -2.24. The fourth-order valence-corrected chi connectivity index (χ4v) is 2.23. The van der Waals surface area contributed by atoms with Crippen LogP contribution in [0.5, 0.6) is 11.5 Å². The lowest BCUT2D eigenvalue weighted by Gasteiger charge is -2.26. The summed E-state index contributed by atoms with van der Waals surface area (Å²) in [5, 5.41) is 2.75. The number of benzene rings is 1. The van der Waals surface area contributed by atoms with Crippen molar-refractivity contribution in [3.8, 4) is 11.5 Å². The third-order valence-corrected chi connectivity index (χ3v) is 3.84. The topological polar surface area (TPSA) is 73.9 Å². The van der Waals surface area contributed by atoms with E-state index in [4.69, 9.17) is 14.2 Å². The van der Waals surface area contributed by atoms with Gasteiger partial charge in [0.05, 0.1) is 7.11 Å². The number of carbonyl (C=O) groups excluding carboxylic acids is 2. The van der Waals surface area contributed by atoms with Crippen LogP contribution in [0.3, 0.4) is 0 Å². The van der Waals surface area contributed by atoms with E-state index >= 15 is 0 Å². The van der Waals surface area contributed by atoms with Crippen molar-refractivity contribution in [2.24, 2.45) is 0 Å². The summed E-state index contributed by atoms with van der Waals surface area (Å²) < 4.78 is 15.3. The molecule has 1 amide bonds. The van der Waals surface area contributed by atoms with Crippen molar-refractivity contribution >= 4 is 11.9 Å². The zero-order chi connectivity index (χ0) is 16.2. The molecule has 0 aliphatic carbocycles. The first-order chi connectivity index (χ1) is 10.5. The van der Waals surface area contributed by atoms with E-state index in [0.29, 0.717) is 18.6 Å². The first-order valence-electron chi connectivity index (χ1n) is 7.26. The molecule has 1 aromatic rings. The molecule has 0 saturated carbocycles. The lowest BCUT2D eigenvalue weighted by molar-refractivity contribution is -0.150. The van der Waals surface area contributed by atoms with Gasteiger partial charge in [0.2, 0.25) is 12.7 Å². The number of esters is 1. The largest absolute Gasteiger partial charge is 0.467 e. The number of hydrogen-bond acceptors (Lipinski definition) is 5. The van der Waals surface area contributed by atoms with Gasteiger partial charge in [-0.1, -0.05) is 13.0 Å². The van der Waals surface area contributed by atoms with Gasteiger partial charge in [0.1, 0.15) is 5.54 Å². The van der Waals surface area contributed by atoms with Gasteiger partial charge in [0.15, 0.2) is 11.5 Å². The number of amides is 1. The molecule has 1 aliphatic rings. The Balaban J connectivity index is 1.91. The number of fused-ring (bicyclic) bond motifs is 1. The Bertz CT molecular complexity index is 572. The van der Waals surface area contributed by atoms with Crippen LogP contribution in [0.1, 0.15) is 32.3 Å². The molecule has 0 aromatic heterocycles. The van der Waals surface area contributed by atoms with Crippen LogP contribution in [-0.4, -0.2) is 31.3 Å². The molecule has 1 aromatic carbocycles. The number of hydrogen-bond donors (Lipinski definition) is 1. The van der Waals surface area contributed by atoms with Gasteiger partial charge >= 0.3 is 5.97 Å². The van der Waals surface area contributed by atoms with E-state index in [1.54, 1.807) is 6.92 Å². The van der Waals surface area contributed by atoms with Crippen molar-refractivity contribution in [1.82, 2.24) is 5.32 Å². The number of rotatable bonds is 6. The van der Waals surface area contributed by atoms with Gasteiger partial charge in [0.25, 0.3) is 0 Å². The Morgan fingerprint density at radius 1 is 1.32 bits per heavy atom. The van der Waals surface area contributed by atoms with E-state index in [0.717, 1.165) is 11.3 Å². The van der Waals surface area contributed by atoms with Gasteiger partial charge in [-0.2, -0.15) is 0 Å². The Kier molecular flexibility index (Phi) is 4.90. The van der Waals surface area contributed by atoms with E-state index < -0.39 is 11.5 Å². The van der Waals surface area contributed by atoms with Crippen LogP contribution in [-0.2, 0) is 20.7 Å². The minimum Gasteiger partial charge on any atom is -0.467 e. The highest BCUT2D eigenvalue weighted by atomic mass is 16.7. The summed E-state index contributed by atoms with van der Waals surface area (Å²) in [7, 11) is 1.31. The predicted octanol–water partition coefficient (Wildman–Crippen LogP) is 1.81. The van der Waals surface area contributed by atoms with E-state index in [1.165, 1.54) is 7.11 Å². The van der Waals surface area contributed by atoms with Gasteiger partial charge < -0.3 is 19.5 Å². The molecule has 2 rings (SSSR count). The first-order valence-corrected chi connectivity index (χ1v) is 7.26. The average molecular weight is 307 g/mol. The van der Waals surface area contributed by atoms with Crippen LogP contribution in [0.15, 0.2) is 18.2 Å². The third kappa shape index (κ3) is 3.50. The number of nitrogens with one attached hydrogen (secondary N) is 1. The van der Waals surface area contributed by atoms with Crippen LogP contribution in [0, 0.1) is 0 Å². The summed E-state index contributed by atoms with van der Waals surface area (Å²) in [4.78, 5) is 23.8. The van der Waals surface area contributed by atoms with Crippen molar-refractivity contribution in [3.05, 3.63) is 23.8 Å². The zero-order valence-corrected chi connectivity index (χ0v) is 13.1. The van der Waals surface area contributed by atoms with Crippen molar-refractivity contribution in [1.29, 1.82) is 0 Å². The fourth-order valence-electron chi connectivity index (χ4n) is 2.23. The summed E-state index contributed by atoms with van der Waals surface area (Å²) in [5.74, 6) is 0.794. The molecule has 1 aliphatic heterocycles. The molecular formula is C16H21NO5. The summed E-state index contributed by atoms with van der Waals surface area (Å²) in [6, 6.07) is 5.61. The molecule has 6 nitrogen and oxygen atoms in total. The molecule has 6 heteroatoms. The Labute approximate surface area is 129 Å². The van der Waals surface area contributed by atoms with E-state index in [1.807, 2.05) is 25.1 Å². The molecule has 1 heterocycles. The highest BCUT2D eigenvalue weighted by molar-refractivity contribution is 5.87. The predicted molar refractivity (Wildman–Crippen MR) is 79.7 cm³/mol. The summed E-state index contributed by atoms with van der Waals surface area (Å²) >= 11 is 0. The molecule has 0 radical (unpaired) electrons. The minimum atomic E-state index is -0.985. The lowest BCUT2D eigenvalue weighted by atomic mass is 9.98. The molecule has 1 N–H and O–H groups in total. The Morgan fingerprint density at radius 2 is 2.05 bits per heavy atom. The first kappa shape index (κ1) is 16.1. The highest BCUT2D eigenvalue weighted by Crippen LogP contribution is 2.32. The average Bonchev–Trinajstić information content (AvgIpc) is 2.99. The second-order valence-corrected chi connectivity index (χ2v) is 5.41. The number of aryl methyl sites for hydroxylation is 1. The second-order valence-electron chi connectivity index (χ2n) is 5.41. The molecule has 0 spiro atoms. The van der Waals surface area contributed by atoms with E-state index in [9.17, 15) is 9.59 Å². The van der Waals surface area contributed by atoms with Crippen molar-refractivity contribution < 1.29 is 23.8 Å². The van der Waals surface area contributed by atoms with E-state index in [2.05, 4.69) is 5.32 Å². The lowest BCUT2D eigenvalue weighted by Crippen LogP contribution is -2.52. The SMILES string of the molecule is CC[C@](C)(NC(=O)CCc1ccc2c(c1)OCO2)C(=O)OC. The van der Waals surface area contributed by atoms with Crippen molar-refractivity contribution in [2.75, 3.05) is 13.9 Å². The molecule has 22 heavy (non-hydrogen) atoms. The molecule has 0 bridgehead atoms. The van der Waals surface area contributed by atoms with Crippen LogP contribution in [0.2, 0.25) is 0 Å². The maximum absolute atomic E-state index is 12.1. The molecule has 1 atom stereocenters. The smallest absolute Gasteiger partial charge is 0.331 e. The molecule has 0 unspecified atom stereocenters. The third-order valence-electron chi connectivity index (χ3n) is 3.84. The number of methoxy groups -OCH3 is 1. The van der Waals surface area contributed by atoms with Gasteiger partial charge in [-0.25, -0.2) is 4.79 Å². The van der Waals surface area contributed by atoms with E-state index in [-0.39, 0.29) is 19.1 Å². The Morgan fingerprint density at radius 3 is 2.73 bits per heavy atom. The maximum atomic E-state index is 12.1. The van der Waals surface area contributed by atoms with Crippen LogP contribution in [0.25, 0.3) is 0 Å². The normalized spacial score (nSPS) is 15.0. The summed E-state index contributed by atoms with van der Waals surface area (Å²) in [6.07, 6.45) is 1.31. The van der Waals surface area contributed by atoms with Gasteiger partial charge in [0, 0.05) is 6.42 Å². The standard InChI is InChI=1S/C16H21NO5/c1-4-16(2,15(19)20-3)17-14(18)8-6-11-5-7-12-13(9-11)22-10-21-12/h5,7,9H,4,6,8,10H2,1-3H3,(H,17,18)/t16-/m0/s1. The van der Waals surface area contributed by atoms with Crippen molar-refractivity contribution in [3.63, 3.8) is 0 Å². The molecule has 120 valence electrons. The van der Waals surface area contributed by atoms with Crippen LogP contribution in [0.4, 0.5) is 0 Å². The quantitative estimate of drug-likeness (QED) is 0.811. The van der Waals surface area contributed by atoms with Crippen molar-refractivity contribution in [2.45, 2.75) is 38.6 Å². The molecule has 0 saturated heterocycles. The fraction of sp³-hybridized carbons (Fsp3) is 0.500. The highest BCUT2D eigenvalue weighted by Gasteiger charge is 2.33. The van der Waals surface area contributed by atoms with Gasteiger partial charge in [-0.3, -0.25) is 4.79 Å². The minimum absolute atomic E-state index is 0.188. The molecular weight excluding hydrogens is 286 g/mol. The van der Waals surface area contributed by atoms with Crippen LogP contribution < -0.4 is 14.8 Å². The zero-order valence-electron chi connectivity index (χ0n) is 13.1. The number of ether oxygens (including phenoxy) is 3. The molecule has 0 fully saturated rings. The monoisotopic (exact) mass is 307 g/mol. The van der Waals surface area contributed by atoms with Crippen LogP contribution >= 0.6 is 0 Å². The maximum Gasteiger partial charge on any atom is 0.331 e. The van der Waals surface area contributed by atoms with Gasteiger partial charge in [-0.15, -0.1) is 0 Å². The van der Waals surface area contributed by atoms with Gasteiger partial charge in [-0.05, 0) is 37.5 Å². The summed E-state index contributed by atoms with van der Waals surface area (Å²) in [5.41, 5.74) is -0.00330.